The van der Waals surface area contributed by atoms with Crippen LogP contribution in [-0.2, 0) is 6.54 Å². The third kappa shape index (κ3) is 4.35. The van der Waals surface area contributed by atoms with Crippen molar-refractivity contribution in [1.29, 1.82) is 5.26 Å². The molecular formula is C23H24N4O2. The summed E-state index contributed by atoms with van der Waals surface area (Å²) in [4.78, 5) is 12.9. The standard InChI is InChI=1S/C23H24N4O2/c1-3-4-5-8-13-27-22(28)20(15-24)16(2)21(23(27)29)26-25-19-12-11-17-9-6-7-10-18(17)14-19/h6-7,9-12,14,28H,3-5,8,13H2,1-2H3. The Morgan fingerprint density at radius 2 is 1.83 bits per heavy atom. The monoisotopic (exact) mass is 388 g/mol. The van der Waals surface area contributed by atoms with E-state index in [9.17, 15) is 15.2 Å². The molecule has 29 heavy (non-hydrogen) atoms. The number of aromatic hydroxyl groups is 1. The summed E-state index contributed by atoms with van der Waals surface area (Å²) in [6.07, 6.45) is 3.83. The minimum absolute atomic E-state index is 0.0625. The van der Waals surface area contributed by atoms with Crippen molar-refractivity contribution in [3.8, 4) is 11.9 Å². The molecule has 0 aliphatic rings. The van der Waals surface area contributed by atoms with Crippen LogP contribution in [0.15, 0.2) is 57.5 Å². The van der Waals surface area contributed by atoms with Crippen molar-refractivity contribution >= 4 is 22.1 Å². The van der Waals surface area contributed by atoms with E-state index in [0.717, 1.165) is 36.5 Å². The van der Waals surface area contributed by atoms with Crippen molar-refractivity contribution in [3.05, 3.63) is 63.9 Å². The third-order valence-electron chi connectivity index (χ3n) is 5.00. The van der Waals surface area contributed by atoms with E-state index >= 15 is 0 Å². The number of azo groups is 1. The molecule has 0 atom stereocenters. The summed E-state index contributed by atoms with van der Waals surface area (Å²) in [5.74, 6) is -0.295. The van der Waals surface area contributed by atoms with Crippen LogP contribution in [0.5, 0.6) is 5.88 Å². The number of unbranched alkanes of at least 4 members (excludes halogenated alkanes) is 3. The number of fused-ring (bicyclic) bond motifs is 1. The largest absolute Gasteiger partial charge is 0.493 e. The average Bonchev–Trinajstić information content (AvgIpc) is 2.73. The number of pyridine rings is 1. The van der Waals surface area contributed by atoms with E-state index in [1.54, 1.807) is 6.92 Å². The number of aromatic nitrogens is 1. The Morgan fingerprint density at radius 1 is 1.07 bits per heavy atom. The SMILES string of the molecule is CCCCCCn1c(O)c(C#N)c(C)c(N=Nc2ccc3ccccc3c2)c1=O. The minimum Gasteiger partial charge on any atom is -0.493 e. The van der Waals surface area contributed by atoms with Gasteiger partial charge in [-0.1, -0.05) is 56.5 Å². The number of rotatable bonds is 7. The smallest absolute Gasteiger partial charge is 0.281 e. The molecule has 1 aromatic heterocycles. The molecule has 6 nitrogen and oxygen atoms in total. The van der Waals surface area contributed by atoms with Gasteiger partial charge in [0.25, 0.3) is 5.56 Å². The molecule has 3 rings (SSSR count). The summed E-state index contributed by atoms with van der Waals surface area (Å²) in [5, 5.41) is 30.4. The van der Waals surface area contributed by atoms with Crippen LogP contribution >= 0.6 is 0 Å². The molecule has 6 heteroatoms. The highest BCUT2D eigenvalue weighted by atomic mass is 16.3. The fraction of sp³-hybridized carbons (Fsp3) is 0.304. The highest BCUT2D eigenvalue weighted by molar-refractivity contribution is 5.85. The third-order valence-corrected chi connectivity index (χ3v) is 5.00. The van der Waals surface area contributed by atoms with Crippen LogP contribution < -0.4 is 5.56 Å². The molecule has 0 fully saturated rings. The fourth-order valence-corrected chi connectivity index (χ4v) is 3.31. The van der Waals surface area contributed by atoms with Gasteiger partial charge in [-0.3, -0.25) is 9.36 Å². The Bertz CT molecular complexity index is 1160. The minimum atomic E-state index is -0.431. The van der Waals surface area contributed by atoms with Gasteiger partial charge in [0.15, 0.2) is 5.69 Å². The Kier molecular flexibility index (Phi) is 6.40. The van der Waals surface area contributed by atoms with Crippen molar-refractivity contribution in [2.45, 2.75) is 46.1 Å². The maximum Gasteiger partial charge on any atom is 0.281 e. The van der Waals surface area contributed by atoms with Gasteiger partial charge in [-0.25, -0.2) is 0 Å². The fourth-order valence-electron chi connectivity index (χ4n) is 3.31. The van der Waals surface area contributed by atoms with Crippen LogP contribution in [0.25, 0.3) is 10.8 Å². The molecule has 0 saturated heterocycles. The molecular weight excluding hydrogens is 364 g/mol. The van der Waals surface area contributed by atoms with Gasteiger partial charge in [0.05, 0.1) is 5.69 Å². The second-order valence-electron chi connectivity index (χ2n) is 7.03. The first-order valence-electron chi connectivity index (χ1n) is 9.83. The van der Waals surface area contributed by atoms with E-state index < -0.39 is 5.56 Å². The Morgan fingerprint density at radius 3 is 2.55 bits per heavy atom. The van der Waals surface area contributed by atoms with Gasteiger partial charge in [-0.15, -0.1) is 5.11 Å². The van der Waals surface area contributed by atoms with Gasteiger partial charge in [0, 0.05) is 12.1 Å². The van der Waals surface area contributed by atoms with Crippen LogP contribution in [0, 0.1) is 18.3 Å². The summed E-state index contributed by atoms with van der Waals surface area (Å²) in [7, 11) is 0. The van der Waals surface area contributed by atoms with Crippen molar-refractivity contribution in [2.75, 3.05) is 0 Å². The molecule has 0 amide bonds. The van der Waals surface area contributed by atoms with E-state index in [0.29, 0.717) is 17.8 Å². The lowest BCUT2D eigenvalue weighted by molar-refractivity contribution is 0.397. The van der Waals surface area contributed by atoms with E-state index in [2.05, 4.69) is 17.2 Å². The summed E-state index contributed by atoms with van der Waals surface area (Å²) < 4.78 is 1.23. The molecule has 0 bridgehead atoms. The van der Waals surface area contributed by atoms with Crippen molar-refractivity contribution in [3.63, 3.8) is 0 Å². The quantitative estimate of drug-likeness (QED) is 0.404. The van der Waals surface area contributed by atoms with Crippen LogP contribution in [0.4, 0.5) is 11.4 Å². The average molecular weight is 388 g/mol. The van der Waals surface area contributed by atoms with Gasteiger partial charge in [0.2, 0.25) is 5.88 Å². The van der Waals surface area contributed by atoms with E-state index in [4.69, 9.17) is 0 Å². The number of hydrogen-bond acceptors (Lipinski definition) is 5. The zero-order valence-electron chi connectivity index (χ0n) is 16.7. The first-order valence-corrected chi connectivity index (χ1v) is 9.83. The number of hydrogen-bond donors (Lipinski definition) is 1. The normalized spacial score (nSPS) is 11.2. The predicted molar refractivity (Wildman–Crippen MR) is 114 cm³/mol. The lowest BCUT2D eigenvalue weighted by Crippen LogP contribution is -2.22. The molecule has 0 aliphatic carbocycles. The topological polar surface area (TPSA) is 90.7 Å². The Balaban J connectivity index is 1.99. The molecule has 0 unspecified atom stereocenters. The molecule has 0 saturated carbocycles. The lowest BCUT2D eigenvalue weighted by Gasteiger charge is -2.12. The first-order chi connectivity index (χ1) is 14.1. The van der Waals surface area contributed by atoms with Crippen molar-refractivity contribution in [1.82, 2.24) is 4.57 Å². The highest BCUT2D eigenvalue weighted by Crippen LogP contribution is 2.28. The van der Waals surface area contributed by atoms with Gasteiger partial charge >= 0.3 is 0 Å². The maximum atomic E-state index is 12.9. The molecule has 0 aliphatic heterocycles. The van der Waals surface area contributed by atoms with Crippen LogP contribution in [0.3, 0.4) is 0 Å². The molecule has 0 radical (unpaired) electrons. The van der Waals surface area contributed by atoms with Crippen LogP contribution in [-0.4, -0.2) is 9.67 Å². The summed E-state index contributed by atoms with van der Waals surface area (Å²) in [6.45, 7) is 4.06. The van der Waals surface area contributed by atoms with E-state index in [1.165, 1.54) is 4.57 Å². The summed E-state index contributed by atoms with van der Waals surface area (Å²) in [6, 6.07) is 15.6. The van der Waals surface area contributed by atoms with Crippen LogP contribution in [0.2, 0.25) is 0 Å². The molecule has 1 N–H and O–H groups in total. The van der Waals surface area contributed by atoms with Gasteiger partial charge in [-0.2, -0.15) is 10.4 Å². The molecule has 3 aromatic rings. The van der Waals surface area contributed by atoms with E-state index in [1.807, 2.05) is 48.5 Å². The summed E-state index contributed by atoms with van der Waals surface area (Å²) in [5.41, 5.74) is 0.670. The molecule has 148 valence electrons. The Labute approximate surface area is 169 Å². The van der Waals surface area contributed by atoms with Crippen molar-refractivity contribution in [2.24, 2.45) is 10.2 Å². The molecule has 1 heterocycles. The number of benzene rings is 2. The van der Waals surface area contributed by atoms with Crippen LogP contribution in [0.1, 0.15) is 43.7 Å². The first kappa shape index (κ1) is 20.3. The highest BCUT2D eigenvalue weighted by Gasteiger charge is 2.18. The predicted octanol–water partition coefficient (Wildman–Crippen LogP) is 5.88. The maximum absolute atomic E-state index is 12.9. The second kappa shape index (κ2) is 9.16. The Hall–Kier alpha value is -3.46. The molecule has 0 spiro atoms. The van der Waals surface area contributed by atoms with Gasteiger partial charge in [0.1, 0.15) is 11.6 Å². The van der Waals surface area contributed by atoms with Gasteiger partial charge in [-0.05, 0) is 36.2 Å². The zero-order chi connectivity index (χ0) is 20.8. The van der Waals surface area contributed by atoms with E-state index in [-0.39, 0.29) is 17.1 Å². The van der Waals surface area contributed by atoms with Gasteiger partial charge < -0.3 is 5.11 Å². The van der Waals surface area contributed by atoms with Crippen molar-refractivity contribution < 1.29 is 5.11 Å². The summed E-state index contributed by atoms with van der Waals surface area (Å²) >= 11 is 0. The zero-order valence-corrected chi connectivity index (χ0v) is 16.7. The lowest BCUT2D eigenvalue weighted by atomic mass is 10.1. The second-order valence-corrected chi connectivity index (χ2v) is 7.03. The molecule has 2 aromatic carbocycles. The number of nitriles is 1. The number of nitrogens with zero attached hydrogens (tertiary/aromatic N) is 4.